The Morgan fingerprint density at radius 2 is 1.92 bits per heavy atom. The number of methoxy groups -OCH3 is 1. The Labute approximate surface area is 162 Å². The second-order valence-corrected chi connectivity index (χ2v) is 5.86. The molecular formula is C18H30IN3O2. The van der Waals surface area contributed by atoms with E-state index < -0.39 is 0 Å². The highest BCUT2D eigenvalue weighted by Gasteiger charge is 2.32. The molecule has 1 aromatic rings. The Morgan fingerprint density at radius 3 is 2.54 bits per heavy atom. The Bertz CT molecular complexity index is 476. The topological polar surface area (TPSA) is 54.9 Å². The summed E-state index contributed by atoms with van der Waals surface area (Å²) in [7, 11) is 1.77. The predicted molar refractivity (Wildman–Crippen MR) is 109 cm³/mol. The molecule has 0 bridgehead atoms. The Kier molecular flexibility index (Phi) is 10.3. The summed E-state index contributed by atoms with van der Waals surface area (Å²) in [4.78, 5) is 4.73. The van der Waals surface area contributed by atoms with Crippen LogP contribution in [-0.4, -0.2) is 51.5 Å². The summed E-state index contributed by atoms with van der Waals surface area (Å²) in [6, 6.07) is 10.5. The maximum atomic E-state index is 5.74. The lowest BCUT2D eigenvalue weighted by Gasteiger charge is -2.34. The number of hydrogen-bond donors (Lipinski definition) is 2. The fourth-order valence-corrected chi connectivity index (χ4v) is 2.70. The van der Waals surface area contributed by atoms with Crippen molar-refractivity contribution in [1.29, 1.82) is 0 Å². The summed E-state index contributed by atoms with van der Waals surface area (Å²) >= 11 is 0. The lowest BCUT2D eigenvalue weighted by Crippen LogP contribution is -2.44. The van der Waals surface area contributed by atoms with Crippen molar-refractivity contribution in [3.8, 4) is 0 Å². The van der Waals surface area contributed by atoms with Gasteiger partial charge in [0.15, 0.2) is 5.96 Å². The summed E-state index contributed by atoms with van der Waals surface area (Å²) in [6.45, 7) is 5.95. The number of nitrogens with one attached hydrogen (secondary N) is 2. The maximum Gasteiger partial charge on any atom is 0.191 e. The van der Waals surface area contributed by atoms with Crippen LogP contribution in [0.5, 0.6) is 0 Å². The molecule has 1 aliphatic rings. The van der Waals surface area contributed by atoms with Crippen LogP contribution in [0.15, 0.2) is 35.3 Å². The van der Waals surface area contributed by atoms with Crippen LogP contribution >= 0.6 is 24.0 Å². The van der Waals surface area contributed by atoms with Gasteiger partial charge in [-0.1, -0.05) is 30.3 Å². The van der Waals surface area contributed by atoms with Crippen LogP contribution in [0.2, 0.25) is 0 Å². The molecule has 0 saturated carbocycles. The normalized spacial score (nSPS) is 17.0. The van der Waals surface area contributed by atoms with Gasteiger partial charge in [0, 0.05) is 46.3 Å². The molecule has 5 nitrogen and oxygen atoms in total. The van der Waals surface area contributed by atoms with E-state index in [0.29, 0.717) is 6.54 Å². The molecule has 1 heterocycles. The van der Waals surface area contributed by atoms with Gasteiger partial charge in [-0.3, -0.25) is 4.99 Å². The number of aliphatic imine (C=N–C) groups is 1. The molecule has 1 fully saturated rings. The zero-order valence-corrected chi connectivity index (χ0v) is 17.0. The molecule has 0 amide bonds. The average Bonchev–Trinajstić information content (AvgIpc) is 2.61. The summed E-state index contributed by atoms with van der Waals surface area (Å²) in [6.07, 6.45) is 2.78. The molecule has 1 saturated heterocycles. The first-order valence-electron chi connectivity index (χ1n) is 8.47. The summed E-state index contributed by atoms with van der Waals surface area (Å²) < 4.78 is 11.2. The van der Waals surface area contributed by atoms with Gasteiger partial charge in [-0.2, -0.15) is 0 Å². The Morgan fingerprint density at radius 1 is 1.21 bits per heavy atom. The number of ether oxygens (including phenoxy) is 2. The Balaban J connectivity index is 0.00000288. The van der Waals surface area contributed by atoms with Crippen LogP contribution in [0.3, 0.4) is 0 Å². The van der Waals surface area contributed by atoms with E-state index in [4.69, 9.17) is 14.5 Å². The molecule has 136 valence electrons. The first-order chi connectivity index (χ1) is 11.3. The van der Waals surface area contributed by atoms with Gasteiger partial charge >= 0.3 is 0 Å². The van der Waals surface area contributed by atoms with Gasteiger partial charge in [0.2, 0.25) is 0 Å². The number of guanidine groups is 1. The van der Waals surface area contributed by atoms with Gasteiger partial charge in [0.05, 0.1) is 12.1 Å². The van der Waals surface area contributed by atoms with Crippen molar-refractivity contribution < 1.29 is 9.47 Å². The Hall–Kier alpha value is -0.860. The van der Waals surface area contributed by atoms with Crippen LogP contribution < -0.4 is 10.6 Å². The summed E-state index contributed by atoms with van der Waals surface area (Å²) in [5.74, 6) is 0.853. The van der Waals surface area contributed by atoms with E-state index in [1.807, 2.05) is 6.07 Å². The van der Waals surface area contributed by atoms with Crippen molar-refractivity contribution in [2.75, 3.05) is 40.0 Å². The number of hydrogen-bond acceptors (Lipinski definition) is 3. The smallest absolute Gasteiger partial charge is 0.191 e. The van der Waals surface area contributed by atoms with E-state index >= 15 is 0 Å². The van der Waals surface area contributed by atoms with E-state index in [1.165, 1.54) is 5.56 Å². The minimum Gasteiger partial charge on any atom is -0.381 e. The highest BCUT2D eigenvalue weighted by Crippen LogP contribution is 2.24. The molecule has 2 rings (SSSR count). The molecule has 0 atom stereocenters. The van der Waals surface area contributed by atoms with Gasteiger partial charge in [-0.15, -0.1) is 24.0 Å². The van der Waals surface area contributed by atoms with Gasteiger partial charge in [0.25, 0.3) is 0 Å². The molecule has 0 spiro atoms. The molecule has 1 aromatic carbocycles. The van der Waals surface area contributed by atoms with Crippen LogP contribution in [0.1, 0.15) is 25.3 Å². The van der Waals surface area contributed by atoms with E-state index in [1.54, 1.807) is 7.11 Å². The fourth-order valence-electron chi connectivity index (χ4n) is 2.70. The van der Waals surface area contributed by atoms with E-state index in [-0.39, 0.29) is 29.6 Å². The van der Waals surface area contributed by atoms with Crippen LogP contribution in [0, 0.1) is 0 Å². The average molecular weight is 447 g/mol. The lowest BCUT2D eigenvalue weighted by atomic mass is 9.94. The first-order valence-corrected chi connectivity index (χ1v) is 8.47. The van der Waals surface area contributed by atoms with Gasteiger partial charge < -0.3 is 20.1 Å². The third-order valence-corrected chi connectivity index (χ3v) is 4.26. The first kappa shape index (κ1) is 21.2. The van der Waals surface area contributed by atoms with E-state index in [0.717, 1.165) is 51.5 Å². The molecule has 6 heteroatoms. The van der Waals surface area contributed by atoms with Crippen molar-refractivity contribution >= 4 is 29.9 Å². The molecule has 0 unspecified atom stereocenters. The highest BCUT2D eigenvalue weighted by molar-refractivity contribution is 14.0. The van der Waals surface area contributed by atoms with Gasteiger partial charge in [-0.25, -0.2) is 0 Å². The SMILES string of the molecule is CCNC(=NCC1(OC)CCOCC1)NCCc1ccccc1.I. The number of nitrogens with zero attached hydrogens (tertiary/aromatic N) is 1. The molecule has 0 aromatic heterocycles. The van der Waals surface area contributed by atoms with Crippen molar-refractivity contribution in [3.63, 3.8) is 0 Å². The molecule has 2 N–H and O–H groups in total. The van der Waals surface area contributed by atoms with Crippen molar-refractivity contribution in [2.45, 2.75) is 31.8 Å². The molecular weight excluding hydrogens is 417 g/mol. The second-order valence-electron chi connectivity index (χ2n) is 5.86. The predicted octanol–water partition coefficient (Wildman–Crippen LogP) is 2.60. The summed E-state index contributed by atoms with van der Waals surface area (Å²) in [5, 5.41) is 6.70. The lowest BCUT2D eigenvalue weighted by molar-refractivity contribution is -0.0828. The number of rotatable bonds is 7. The quantitative estimate of drug-likeness (QED) is 0.384. The van der Waals surface area contributed by atoms with Crippen LogP contribution in [0.25, 0.3) is 0 Å². The van der Waals surface area contributed by atoms with E-state index in [2.05, 4.69) is 41.8 Å². The molecule has 1 aliphatic heterocycles. The van der Waals surface area contributed by atoms with Crippen molar-refractivity contribution in [3.05, 3.63) is 35.9 Å². The minimum absolute atomic E-state index is 0. The monoisotopic (exact) mass is 447 g/mol. The standard InChI is InChI=1S/C18H29N3O2.HI/c1-3-19-17(20-12-9-16-7-5-4-6-8-16)21-15-18(22-2)10-13-23-14-11-18;/h4-8H,3,9-15H2,1-2H3,(H2,19,20,21);1H. The van der Waals surface area contributed by atoms with Crippen molar-refractivity contribution in [1.82, 2.24) is 10.6 Å². The minimum atomic E-state index is -0.181. The zero-order chi connectivity index (χ0) is 16.4. The summed E-state index contributed by atoms with van der Waals surface area (Å²) in [5.41, 5.74) is 1.15. The molecule has 0 radical (unpaired) electrons. The highest BCUT2D eigenvalue weighted by atomic mass is 127. The second kappa shape index (κ2) is 11.7. The third kappa shape index (κ3) is 6.94. The number of halogens is 1. The van der Waals surface area contributed by atoms with Crippen LogP contribution in [-0.2, 0) is 15.9 Å². The molecule has 24 heavy (non-hydrogen) atoms. The fraction of sp³-hybridized carbons (Fsp3) is 0.611. The van der Waals surface area contributed by atoms with Crippen LogP contribution in [0.4, 0.5) is 0 Å². The van der Waals surface area contributed by atoms with Crippen molar-refractivity contribution in [2.24, 2.45) is 4.99 Å². The largest absolute Gasteiger partial charge is 0.381 e. The third-order valence-electron chi connectivity index (χ3n) is 4.26. The maximum absolute atomic E-state index is 5.74. The van der Waals surface area contributed by atoms with E-state index in [9.17, 15) is 0 Å². The zero-order valence-electron chi connectivity index (χ0n) is 14.7. The number of benzene rings is 1. The van der Waals surface area contributed by atoms with Gasteiger partial charge in [-0.05, 0) is 18.9 Å². The van der Waals surface area contributed by atoms with Gasteiger partial charge in [0.1, 0.15) is 0 Å². The molecule has 0 aliphatic carbocycles.